The molecule has 0 saturated carbocycles. The lowest BCUT2D eigenvalue weighted by molar-refractivity contribution is 0.396. The van der Waals surface area contributed by atoms with Crippen LogP contribution in [0.15, 0.2) is 42.5 Å². The van der Waals surface area contributed by atoms with Gasteiger partial charge in [-0.3, -0.25) is 0 Å². The summed E-state index contributed by atoms with van der Waals surface area (Å²) in [4.78, 5) is 0. The van der Waals surface area contributed by atoms with E-state index in [4.69, 9.17) is 4.74 Å². The van der Waals surface area contributed by atoms with Crippen molar-refractivity contribution in [3.8, 4) is 5.75 Å². The van der Waals surface area contributed by atoms with Crippen LogP contribution in [0.4, 0.5) is 0 Å². The Hall–Kier alpha value is -1.80. The van der Waals surface area contributed by atoms with Crippen LogP contribution in [0.5, 0.6) is 5.75 Å². The molecule has 2 atom stereocenters. The summed E-state index contributed by atoms with van der Waals surface area (Å²) in [6.07, 6.45) is 0. The third-order valence-electron chi connectivity index (χ3n) is 4.01. The Morgan fingerprint density at radius 3 is 2.24 bits per heavy atom. The van der Waals surface area contributed by atoms with Crippen LogP contribution in [-0.2, 0) is 0 Å². The van der Waals surface area contributed by atoms with Crippen molar-refractivity contribution in [1.82, 2.24) is 5.32 Å². The van der Waals surface area contributed by atoms with Gasteiger partial charge >= 0.3 is 0 Å². The predicted octanol–water partition coefficient (Wildman–Crippen LogP) is 4.72. The summed E-state index contributed by atoms with van der Waals surface area (Å²) < 4.78 is 5.52. The lowest BCUT2D eigenvalue weighted by atomic mass is 9.99. The van der Waals surface area contributed by atoms with Gasteiger partial charge in [0, 0.05) is 17.6 Å². The Balaban J connectivity index is 2.18. The number of methoxy groups -OCH3 is 1. The largest absolute Gasteiger partial charge is 0.496 e. The van der Waals surface area contributed by atoms with Crippen LogP contribution in [0.25, 0.3) is 0 Å². The number of hydrogen-bond acceptors (Lipinski definition) is 2. The summed E-state index contributed by atoms with van der Waals surface area (Å²) in [5, 5.41) is 3.67. The van der Waals surface area contributed by atoms with Gasteiger partial charge in [0.05, 0.1) is 7.11 Å². The lowest BCUT2D eigenvalue weighted by Crippen LogP contribution is -2.23. The van der Waals surface area contributed by atoms with Crippen molar-refractivity contribution >= 4 is 0 Å². The summed E-state index contributed by atoms with van der Waals surface area (Å²) in [6, 6.07) is 15.4. The van der Waals surface area contributed by atoms with E-state index in [0.29, 0.717) is 6.04 Å². The maximum atomic E-state index is 5.52. The second-order valence-electron chi connectivity index (χ2n) is 5.71. The van der Waals surface area contributed by atoms with Crippen LogP contribution >= 0.6 is 0 Å². The first-order valence-electron chi connectivity index (χ1n) is 7.49. The van der Waals surface area contributed by atoms with E-state index in [0.717, 1.165) is 5.75 Å². The molecule has 0 amide bonds. The Morgan fingerprint density at radius 1 is 0.905 bits per heavy atom. The third-order valence-corrected chi connectivity index (χ3v) is 4.01. The van der Waals surface area contributed by atoms with Crippen molar-refractivity contribution in [2.75, 3.05) is 7.11 Å². The topological polar surface area (TPSA) is 21.3 Å². The Bertz CT molecular complexity index is 606. The molecule has 0 saturated heterocycles. The summed E-state index contributed by atoms with van der Waals surface area (Å²) >= 11 is 0. The standard InChI is InChI=1S/C19H25NO/c1-13-10-11-18(19(12-13)21-5)16(4)20-15(3)17-9-7-6-8-14(17)2/h6-12,15-16,20H,1-5H3. The molecule has 21 heavy (non-hydrogen) atoms. The SMILES string of the molecule is COc1cc(C)ccc1C(C)NC(C)c1ccccc1C. The van der Waals surface area contributed by atoms with Crippen LogP contribution in [0.2, 0.25) is 0 Å². The van der Waals surface area contributed by atoms with Crippen molar-refractivity contribution in [1.29, 1.82) is 0 Å². The molecule has 0 aliphatic rings. The van der Waals surface area contributed by atoms with E-state index >= 15 is 0 Å². The van der Waals surface area contributed by atoms with Gasteiger partial charge in [0.25, 0.3) is 0 Å². The molecule has 0 fully saturated rings. The molecule has 2 nitrogen and oxygen atoms in total. The first-order chi connectivity index (χ1) is 10.0. The van der Waals surface area contributed by atoms with Gasteiger partial charge in [-0.25, -0.2) is 0 Å². The van der Waals surface area contributed by atoms with E-state index in [1.807, 2.05) is 0 Å². The maximum absolute atomic E-state index is 5.52. The van der Waals surface area contributed by atoms with Crippen molar-refractivity contribution < 1.29 is 4.74 Å². The molecule has 0 aromatic heterocycles. The van der Waals surface area contributed by atoms with Crippen molar-refractivity contribution in [3.05, 3.63) is 64.7 Å². The average molecular weight is 283 g/mol. The van der Waals surface area contributed by atoms with Crippen molar-refractivity contribution in [3.63, 3.8) is 0 Å². The quantitative estimate of drug-likeness (QED) is 0.857. The summed E-state index contributed by atoms with van der Waals surface area (Å²) in [5.41, 5.74) is 5.08. The van der Waals surface area contributed by atoms with E-state index in [1.165, 1.54) is 22.3 Å². The maximum Gasteiger partial charge on any atom is 0.123 e. The molecular formula is C19H25NO. The Labute approximate surface area is 128 Å². The second-order valence-corrected chi connectivity index (χ2v) is 5.71. The van der Waals surface area contributed by atoms with Gasteiger partial charge in [-0.15, -0.1) is 0 Å². The van der Waals surface area contributed by atoms with Gasteiger partial charge < -0.3 is 10.1 Å². The number of ether oxygens (including phenoxy) is 1. The zero-order valence-electron chi connectivity index (χ0n) is 13.6. The molecule has 0 aliphatic heterocycles. The minimum atomic E-state index is 0.232. The highest BCUT2D eigenvalue weighted by molar-refractivity contribution is 5.39. The molecule has 0 radical (unpaired) electrons. The fourth-order valence-corrected chi connectivity index (χ4v) is 2.80. The van der Waals surface area contributed by atoms with Crippen LogP contribution in [0.3, 0.4) is 0 Å². The molecule has 2 rings (SSSR count). The first-order valence-corrected chi connectivity index (χ1v) is 7.49. The molecule has 1 N–H and O–H groups in total. The fraction of sp³-hybridized carbons (Fsp3) is 0.368. The monoisotopic (exact) mass is 283 g/mol. The summed E-state index contributed by atoms with van der Waals surface area (Å²) in [7, 11) is 1.73. The first kappa shape index (κ1) is 15.6. The van der Waals surface area contributed by atoms with Crippen LogP contribution in [-0.4, -0.2) is 7.11 Å². The van der Waals surface area contributed by atoms with Gasteiger partial charge in [0.15, 0.2) is 0 Å². The minimum absolute atomic E-state index is 0.232. The van der Waals surface area contributed by atoms with Gasteiger partial charge in [-0.2, -0.15) is 0 Å². The van der Waals surface area contributed by atoms with E-state index in [1.54, 1.807) is 7.11 Å². The van der Waals surface area contributed by atoms with Gasteiger partial charge in [-0.05, 0) is 50.5 Å². The Morgan fingerprint density at radius 2 is 1.57 bits per heavy atom. The highest BCUT2D eigenvalue weighted by Gasteiger charge is 2.15. The highest BCUT2D eigenvalue weighted by atomic mass is 16.5. The van der Waals surface area contributed by atoms with Crippen LogP contribution in [0.1, 0.15) is 48.2 Å². The number of hydrogen-bond donors (Lipinski definition) is 1. The smallest absolute Gasteiger partial charge is 0.123 e. The highest BCUT2D eigenvalue weighted by Crippen LogP contribution is 2.28. The fourth-order valence-electron chi connectivity index (χ4n) is 2.80. The molecule has 112 valence electrons. The van der Waals surface area contributed by atoms with Gasteiger partial charge in [0.2, 0.25) is 0 Å². The zero-order valence-corrected chi connectivity index (χ0v) is 13.6. The predicted molar refractivity (Wildman–Crippen MR) is 88.9 cm³/mol. The molecule has 2 unspecified atom stereocenters. The molecule has 0 spiro atoms. The van der Waals surface area contributed by atoms with Crippen LogP contribution in [0, 0.1) is 13.8 Å². The van der Waals surface area contributed by atoms with E-state index in [-0.39, 0.29) is 6.04 Å². The van der Waals surface area contributed by atoms with Crippen molar-refractivity contribution in [2.45, 2.75) is 39.8 Å². The third kappa shape index (κ3) is 3.64. The lowest BCUT2D eigenvalue weighted by Gasteiger charge is -2.23. The average Bonchev–Trinajstić information content (AvgIpc) is 2.47. The molecule has 0 bridgehead atoms. The summed E-state index contributed by atoms with van der Waals surface area (Å²) in [5.74, 6) is 0.951. The molecule has 2 heteroatoms. The van der Waals surface area contributed by atoms with E-state index < -0.39 is 0 Å². The van der Waals surface area contributed by atoms with Crippen molar-refractivity contribution in [2.24, 2.45) is 0 Å². The molecule has 2 aromatic rings. The molecular weight excluding hydrogens is 258 g/mol. The number of aryl methyl sites for hydroxylation is 2. The van der Waals surface area contributed by atoms with Gasteiger partial charge in [0.1, 0.15) is 5.75 Å². The van der Waals surface area contributed by atoms with Crippen LogP contribution < -0.4 is 10.1 Å². The molecule has 0 heterocycles. The second kappa shape index (κ2) is 6.77. The van der Waals surface area contributed by atoms with E-state index in [9.17, 15) is 0 Å². The molecule has 0 aliphatic carbocycles. The number of benzene rings is 2. The van der Waals surface area contributed by atoms with E-state index in [2.05, 4.69) is 75.5 Å². The summed E-state index contributed by atoms with van der Waals surface area (Å²) in [6.45, 7) is 8.63. The zero-order chi connectivity index (χ0) is 15.4. The Kier molecular flexibility index (Phi) is 5.03. The normalized spacial score (nSPS) is 13.8. The number of rotatable bonds is 5. The minimum Gasteiger partial charge on any atom is -0.496 e. The molecule has 2 aromatic carbocycles. The number of nitrogens with one attached hydrogen (secondary N) is 1. The van der Waals surface area contributed by atoms with Gasteiger partial charge in [-0.1, -0.05) is 36.4 Å².